The molecular weight excluding hydrogens is 388 g/mol. The summed E-state index contributed by atoms with van der Waals surface area (Å²) in [4.78, 5) is 17.4. The van der Waals surface area contributed by atoms with Crippen LogP contribution in [0.15, 0.2) is 54.6 Å². The Bertz CT molecular complexity index is 1250. The molecule has 0 saturated heterocycles. The number of nitrogens with one attached hydrogen (secondary N) is 1. The number of benzene rings is 2. The second-order valence-corrected chi connectivity index (χ2v) is 7.82. The summed E-state index contributed by atoms with van der Waals surface area (Å²) in [5.41, 5.74) is 5.20. The zero-order valence-electron chi connectivity index (χ0n) is 18.3. The van der Waals surface area contributed by atoms with Gasteiger partial charge in [0.1, 0.15) is 11.6 Å². The zero-order chi connectivity index (χ0) is 22.0. The van der Waals surface area contributed by atoms with Crippen molar-refractivity contribution in [2.45, 2.75) is 34.1 Å². The number of amides is 1. The number of hydrogen-bond acceptors (Lipinski definition) is 4. The summed E-state index contributed by atoms with van der Waals surface area (Å²) >= 11 is 0. The van der Waals surface area contributed by atoms with Gasteiger partial charge in [-0.15, -0.1) is 0 Å². The van der Waals surface area contributed by atoms with Crippen LogP contribution in [0.4, 0.5) is 5.82 Å². The molecule has 31 heavy (non-hydrogen) atoms. The Hall–Kier alpha value is -3.67. The molecule has 4 aromatic rings. The number of anilines is 1. The van der Waals surface area contributed by atoms with E-state index in [0.29, 0.717) is 18.2 Å². The number of aromatic nitrogens is 3. The largest absolute Gasteiger partial charge is 0.493 e. The maximum Gasteiger partial charge on any atom is 0.228 e. The number of carbonyl (C=O) groups is 1. The number of rotatable bonds is 6. The summed E-state index contributed by atoms with van der Waals surface area (Å²) in [6.07, 6.45) is 0.238. The van der Waals surface area contributed by atoms with Crippen LogP contribution < -0.4 is 10.1 Å². The van der Waals surface area contributed by atoms with E-state index in [0.717, 1.165) is 33.5 Å². The summed E-state index contributed by atoms with van der Waals surface area (Å²) in [6, 6.07) is 17.6. The summed E-state index contributed by atoms with van der Waals surface area (Å²) < 4.78 is 7.32. The molecular formula is C25H26N4O2. The van der Waals surface area contributed by atoms with Crippen molar-refractivity contribution in [3.05, 3.63) is 77.0 Å². The van der Waals surface area contributed by atoms with E-state index in [1.165, 1.54) is 5.56 Å². The third-order valence-electron chi connectivity index (χ3n) is 5.10. The molecule has 0 radical (unpaired) electrons. The highest BCUT2D eigenvalue weighted by molar-refractivity contribution is 5.90. The van der Waals surface area contributed by atoms with Gasteiger partial charge in [-0.3, -0.25) is 4.79 Å². The minimum Gasteiger partial charge on any atom is -0.493 e. The van der Waals surface area contributed by atoms with E-state index in [-0.39, 0.29) is 12.3 Å². The van der Waals surface area contributed by atoms with Crippen LogP contribution in [0.2, 0.25) is 0 Å². The van der Waals surface area contributed by atoms with Crippen LogP contribution in [-0.4, -0.2) is 27.3 Å². The Morgan fingerprint density at radius 1 is 1.00 bits per heavy atom. The zero-order valence-corrected chi connectivity index (χ0v) is 18.3. The standard InChI is InChI=1S/C25H26N4O2/c1-16-12-18(3)25-21(13-16)17(2)14-22(27-25)29-23(15-19(4)28-29)26-24(30)10-11-31-20-8-6-5-7-9-20/h5-9,12-15H,10-11H2,1-4H3,(H,26,30). The monoisotopic (exact) mass is 414 g/mol. The first-order valence-electron chi connectivity index (χ1n) is 10.3. The van der Waals surface area contributed by atoms with Crippen molar-refractivity contribution < 1.29 is 9.53 Å². The first-order valence-corrected chi connectivity index (χ1v) is 10.3. The fourth-order valence-electron chi connectivity index (χ4n) is 3.68. The van der Waals surface area contributed by atoms with Gasteiger partial charge in [0.15, 0.2) is 5.82 Å². The van der Waals surface area contributed by atoms with E-state index >= 15 is 0 Å². The van der Waals surface area contributed by atoms with Crippen molar-refractivity contribution in [1.82, 2.24) is 14.8 Å². The van der Waals surface area contributed by atoms with E-state index in [2.05, 4.69) is 43.3 Å². The molecule has 6 nitrogen and oxygen atoms in total. The minimum absolute atomic E-state index is 0.138. The predicted octanol–water partition coefficient (Wildman–Crippen LogP) is 5.06. The van der Waals surface area contributed by atoms with Crippen molar-refractivity contribution in [2.24, 2.45) is 0 Å². The molecule has 6 heteroatoms. The number of para-hydroxylation sites is 1. The van der Waals surface area contributed by atoms with E-state index in [1.807, 2.05) is 49.4 Å². The molecule has 0 bridgehead atoms. The summed E-state index contributed by atoms with van der Waals surface area (Å²) in [7, 11) is 0. The van der Waals surface area contributed by atoms with Gasteiger partial charge >= 0.3 is 0 Å². The summed E-state index contributed by atoms with van der Waals surface area (Å²) in [5, 5.41) is 8.65. The number of carbonyl (C=O) groups excluding carboxylic acids is 1. The van der Waals surface area contributed by atoms with Crippen LogP contribution in [0.3, 0.4) is 0 Å². The molecule has 0 aliphatic carbocycles. The second kappa shape index (κ2) is 8.60. The Labute approximate surface area is 181 Å². The summed E-state index contributed by atoms with van der Waals surface area (Å²) in [6.45, 7) is 8.42. The average Bonchev–Trinajstić information content (AvgIpc) is 3.09. The third-order valence-corrected chi connectivity index (χ3v) is 5.10. The van der Waals surface area contributed by atoms with Crippen LogP contribution in [0, 0.1) is 27.7 Å². The molecule has 2 aromatic heterocycles. The van der Waals surface area contributed by atoms with Gasteiger partial charge in [0.05, 0.1) is 24.2 Å². The predicted molar refractivity (Wildman–Crippen MR) is 123 cm³/mol. The van der Waals surface area contributed by atoms with Crippen molar-refractivity contribution >= 4 is 22.6 Å². The number of fused-ring (bicyclic) bond motifs is 1. The van der Waals surface area contributed by atoms with Gasteiger partial charge in [-0.2, -0.15) is 9.78 Å². The molecule has 4 rings (SSSR count). The van der Waals surface area contributed by atoms with Gasteiger partial charge in [0.25, 0.3) is 0 Å². The van der Waals surface area contributed by atoms with Gasteiger partial charge in [0, 0.05) is 11.5 Å². The van der Waals surface area contributed by atoms with Crippen molar-refractivity contribution in [3.63, 3.8) is 0 Å². The summed E-state index contributed by atoms with van der Waals surface area (Å²) in [5.74, 6) is 1.89. The van der Waals surface area contributed by atoms with Crippen molar-refractivity contribution in [1.29, 1.82) is 0 Å². The van der Waals surface area contributed by atoms with Gasteiger partial charge in [-0.05, 0) is 63.1 Å². The lowest BCUT2D eigenvalue weighted by Crippen LogP contribution is -2.18. The molecule has 0 aliphatic rings. The molecule has 0 fully saturated rings. The first-order chi connectivity index (χ1) is 14.9. The lowest BCUT2D eigenvalue weighted by molar-refractivity contribution is -0.116. The van der Waals surface area contributed by atoms with E-state index in [1.54, 1.807) is 4.68 Å². The Morgan fingerprint density at radius 2 is 1.77 bits per heavy atom. The van der Waals surface area contributed by atoms with E-state index in [9.17, 15) is 4.79 Å². The second-order valence-electron chi connectivity index (χ2n) is 7.82. The number of aryl methyl sites for hydroxylation is 4. The van der Waals surface area contributed by atoms with E-state index in [4.69, 9.17) is 9.72 Å². The molecule has 0 atom stereocenters. The quantitative estimate of drug-likeness (QED) is 0.479. The third kappa shape index (κ3) is 4.58. The van der Waals surface area contributed by atoms with Gasteiger partial charge < -0.3 is 10.1 Å². The van der Waals surface area contributed by atoms with Crippen LogP contribution in [-0.2, 0) is 4.79 Å². The van der Waals surface area contributed by atoms with Crippen molar-refractivity contribution in [3.8, 4) is 11.6 Å². The lowest BCUT2D eigenvalue weighted by atomic mass is 10.0. The molecule has 2 heterocycles. The van der Waals surface area contributed by atoms with Gasteiger partial charge in [-0.25, -0.2) is 4.98 Å². The van der Waals surface area contributed by atoms with Crippen LogP contribution in [0.25, 0.3) is 16.7 Å². The van der Waals surface area contributed by atoms with Crippen LogP contribution >= 0.6 is 0 Å². The number of hydrogen-bond donors (Lipinski definition) is 1. The van der Waals surface area contributed by atoms with E-state index < -0.39 is 0 Å². The molecule has 0 spiro atoms. The topological polar surface area (TPSA) is 69.0 Å². The minimum atomic E-state index is -0.138. The fraction of sp³-hybridized carbons (Fsp3) is 0.240. The van der Waals surface area contributed by atoms with Crippen molar-refractivity contribution in [2.75, 3.05) is 11.9 Å². The molecule has 158 valence electrons. The molecule has 2 aromatic carbocycles. The molecule has 0 saturated carbocycles. The highest BCUT2D eigenvalue weighted by Crippen LogP contribution is 2.26. The first kappa shape index (κ1) is 20.6. The SMILES string of the molecule is Cc1cc(C)c2nc(-n3nc(C)cc3NC(=O)CCOc3ccccc3)cc(C)c2c1. The molecule has 1 N–H and O–H groups in total. The Kier molecular flexibility index (Phi) is 5.71. The molecule has 0 unspecified atom stereocenters. The van der Waals surface area contributed by atoms with Gasteiger partial charge in [-0.1, -0.05) is 29.8 Å². The number of ether oxygens (including phenoxy) is 1. The maximum absolute atomic E-state index is 12.5. The molecule has 1 amide bonds. The average molecular weight is 415 g/mol. The highest BCUT2D eigenvalue weighted by Gasteiger charge is 2.14. The fourth-order valence-corrected chi connectivity index (χ4v) is 3.68. The Morgan fingerprint density at radius 3 is 2.55 bits per heavy atom. The smallest absolute Gasteiger partial charge is 0.228 e. The highest BCUT2D eigenvalue weighted by atomic mass is 16.5. The lowest BCUT2D eigenvalue weighted by Gasteiger charge is -2.12. The molecule has 0 aliphatic heterocycles. The van der Waals surface area contributed by atoms with Crippen LogP contribution in [0.1, 0.15) is 28.8 Å². The van der Waals surface area contributed by atoms with Crippen LogP contribution in [0.5, 0.6) is 5.75 Å². The Balaban J connectivity index is 1.55. The number of nitrogens with zero attached hydrogens (tertiary/aromatic N) is 3. The normalized spacial score (nSPS) is 11.0. The maximum atomic E-state index is 12.5. The van der Waals surface area contributed by atoms with Gasteiger partial charge in [0.2, 0.25) is 5.91 Å². The number of pyridine rings is 1.